The lowest BCUT2D eigenvalue weighted by Gasteiger charge is -2.24. The number of hydrogen-bond donors (Lipinski definition) is 1. The van der Waals surface area contributed by atoms with Crippen molar-refractivity contribution in [1.82, 2.24) is 4.90 Å². The standard InChI is InChI=1S/C22H25Cl2N3O4S/c1-32(30,31)27(18-13-16(23)12-17(24)14-18)15-21(28)25-20-9-5-4-8-19(20)22(29)26-10-6-2-3-7-11-26/h4-5,8-9,12-14H,2-3,6-7,10-11,15H2,1H3,(H,25,28). The Kier molecular flexibility index (Phi) is 8.03. The summed E-state index contributed by atoms with van der Waals surface area (Å²) in [5.74, 6) is -0.743. The van der Waals surface area contributed by atoms with Gasteiger partial charge in [-0.1, -0.05) is 48.2 Å². The minimum absolute atomic E-state index is 0.149. The van der Waals surface area contributed by atoms with Gasteiger partial charge in [-0.15, -0.1) is 0 Å². The molecule has 0 radical (unpaired) electrons. The number of hydrogen-bond acceptors (Lipinski definition) is 4. The highest BCUT2D eigenvalue weighted by Gasteiger charge is 2.24. The van der Waals surface area contributed by atoms with E-state index in [0.29, 0.717) is 24.3 Å². The molecule has 1 heterocycles. The molecule has 10 heteroatoms. The molecule has 1 aliphatic heterocycles. The van der Waals surface area contributed by atoms with Crippen molar-refractivity contribution >= 4 is 56.4 Å². The zero-order valence-corrected chi connectivity index (χ0v) is 20.0. The van der Waals surface area contributed by atoms with E-state index in [0.717, 1.165) is 36.2 Å². The van der Waals surface area contributed by atoms with Gasteiger partial charge in [-0.3, -0.25) is 13.9 Å². The number of sulfonamides is 1. The normalized spacial score (nSPS) is 14.5. The lowest BCUT2D eigenvalue weighted by molar-refractivity contribution is -0.114. The number of halogens is 2. The van der Waals surface area contributed by atoms with Crippen molar-refractivity contribution in [2.24, 2.45) is 0 Å². The maximum absolute atomic E-state index is 13.1. The average molecular weight is 498 g/mol. The summed E-state index contributed by atoms with van der Waals surface area (Å²) in [5, 5.41) is 3.18. The van der Waals surface area contributed by atoms with Crippen molar-refractivity contribution in [1.29, 1.82) is 0 Å². The molecule has 1 aliphatic rings. The number of para-hydroxylation sites is 1. The second-order valence-electron chi connectivity index (χ2n) is 7.70. The largest absolute Gasteiger partial charge is 0.339 e. The molecular formula is C22H25Cl2N3O4S. The Morgan fingerprint density at radius 1 is 1.00 bits per heavy atom. The second kappa shape index (κ2) is 10.6. The molecular weight excluding hydrogens is 473 g/mol. The SMILES string of the molecule is CS(=O)(=O)N(CC(=O)Nc1ccccc1C(=O)N1CCCCCC1)c1cc(Cl)cc(Cl)c1. The first-order valence-electron chi connectivity index (χ1n) is 10.3. The summed E-state index contributed by atoms with van der Waals surface area (Å²) in [6.45, 7) is 0.860. The van der Waals surface area contributed by atoms with Crippen LogP contribution in [0.5, 0.6) is 0 Å². The van der Waals surface area contributed by atoms with Crippen LogP contribution in [0.25, 0.3) is 0 Å². The third kappa shape index (κ3) is 6.37. The van der Waals surface area contributed by atoms with Crippen LogP contribution in [-0.2, 0) is 14.8 Å². The van der Waals surface area contributed by atoms with E-state index in [9.17, 15) is 18.0 Å². The van der Waals surface area contributed by atoms with Crippen LogP contribution in [0.2, 0.25) is 10.0 Å². The lowest BCUT2D eigenvalue weighted by Crippen LogP contribution is -2.38. The molecule has 0 aromatic heterocycles. The summed E-state index contributed by atoms with van der Waals surface area (Å²) in [6.07, 6.45) is 5.08. The van der Waals surface area contributed by atoms with Gasteiger partial charge in [0.2, 0.25) is 15.9 Å². The molecule has 0 saturated carbocycles. The number of likely N-dealkylation sites (tertiary alicyclic amines) is 1. The van der Waals surface area contributed by atoms with Crippen molar-refractivity contribution in [3.05, 3.63) is 58.1 Å². The number of carbonyl (C=O) groups is 2. The molecule has 2 aromatic rings. The number of carbonyl (C=O) groups excluding carboxylic acids is 2. The molecule has 1 saturated heterocycles. The smallest absolute Gasteiger partial charge is 0.255 e. The summed E-state index contributed by atoms with van der Waals surface area (Å²) in [6, 6.07) is 11.0. The van der Waals surface area contributed by atoms with Gasteiger partial charge in [-0.25, -0.2) is 8.42 Å². The summed E-state index contributed by atoms with van der Waals surface area (Å²) in [4.78, 5) is 27.7. The molecule has 172 valence electrons. The van der Waals surface area contributed by atoms with Gasteiger partial charge in [-0.2, -0.15) is 0 Å². The number of amides is 2. The molecule has 1 fully saturated rings. The fourth-order valence-electron chi connectivity index (χ4n) is 3.63. The highest BCUT2D eigenvalue weighted by molar-refractivity contribution is 7.92. The van der Waals surface area contributed by atoms with E-state index in [-0.39, 0.29) is 21.6 Å². The van der Waals surface area contributed by atoms with Gasteiger partial charge in [-0.05, 0) is 43.2 Å². The summed E-state index contributed by atoms with van der Waals surface area (Å²) < 4.78 is 25.6. The Hall–Kier alpha value is -2.29. The minimum Gasteiger partial charge on any atom is -0.339 e. The number of nitrogens with zero attached hydrogens (tertiary/aromatic N) is 2. The molecule has 0 bridgehead atoms. The summed E-state index contributed by atoms with van der Waals surface area (Å²) in [5.41, 5.74) is 0.887. The van der Waals surface area contributed by atoms with Gasteiger partial charge in [0.25, 0.3) is 5.91 Å². The Bertz CT molecular complexity index is 1080. The van der Waals surface area contributed by atoms with Crippen molar-refractivity contribution in [2.75, 3.05) is 35.5 Å². The van der Waals surface area contributed by atoms with E-state index < -0.39 is 22.5 Å². The summed E-state index contributed by atoms with van der Waals surface area (Å²) in [7, 11) is -3.81. The van der Waals surface area contributed by atoms with Gasteiger partial charge in [0, 0.05) is 23.1 Å². The first-order chi connectivity index (χ1) is 15.1. The van der Waals surface area contributed by atoms with Crippen LogP contribution in [0.1, 0.15) is 36.0 Å². The van der Waals surface area contributed by atoms with Crippen LogP contribution in [-0.4, -0.2) is 51.0 Å². The second-order valence-corrected chi connectivity index (χ2v) is 10.5. The van der Waals surface area contributed by atoms with E-state index >= 15 is 0 Å². The van der Waals surface area contributed by atoms with Gasteiger partial charge < -0.3 is 10.2 Å². The van der Waals surface area contributed by atoms with E-state index in [4.69, 9.17) is 23.2 Å². The first kappa shape index (κ1) is 24.4. The molecule has 0 atom stereocenters. The Morgan fingerprint density at radius 3 is 2.19 bits per heavy atom. The number of anilines is 2. The van der Waals surface area contributed by atoms with E-state index in [2.05, 4.69) is 5.32 Å². The fraction of sp³-hybridized carbons (Fsp3) is 0.364. The van der Waals surface area contributed by atoms with Crippen LogP contribution >= 0.6 is 23.2 Å². The quantitative estimate of drug-likeness (QED) is 0.639. The monoisotopic (exact) mass is 497 g/mol. The maximum atomic E-state index is 13.1. The van der Waals surface area contributed by atoms with Crippen molar-refractivity contribution in [3.63, 3.8) is 0 Å². The van der Waals surface area contributed by atoms with Gasteiger partial charge >= 0.3 is 0 Å². The first-order valence-corrected chi connectivity index (χ1v) is 12.9. The summed E-state index contributed by atoms with van der Waals surface area (Å²) >= 11 is 12.0. The Morgan fingerprint density at radius 2 is 1.59 bits per heavy atom. The van der Waals surface area contributed by atoms with Crippen LogP contribution in [0.3, 0.4) is 0 Å². The fourth-order valence-corrected chi connectivity index (χ4v) is 4.98. The number of rotatable bonds is 6. The third-order valence-electron chi connectivity index (χ3n) is 5.15. The number of nitrogens with one attached hydrogen (secondary N) is 1. The van der Waals surface area contributed by atoms with E-state index in [1.165, 1.54) is 18.2 Å². The Labute approximate surface area is 198 Å². The van der Waals surface area contributed by atoms with Crippen molar-refractivity contribution in [2.45, 2.75) is 25.7 Å². The third-order valence-corrected chi connectivity index (χ3v) is 6.72. The van der Waals surface area contributed by atoms with Crippen LogP contribution < -0.4 is 9.62 Å². The topological polar surface area (TPSA) is 86.8 Å². The molecule has 2 amide bonds. The highest BCUT2D eigenvalue weighted by atomic mass is 35.5. The van der Waals surface area contributed by atoms with Crippen LogP contribution in [0, 0.1) is 0 Å². The van der Waals surface area contributed by atoms with Crippen LogP contribution in [0.15, 0.2) is 42.5 Å². The Balaban J connectivity index is 1.81. The molecule has 3 rings (SSSR count). The molecule has 7 nitrogen and oxygen atoms in total. The van der Waals surface area contributed by atoms with E-state index in [1.54, 1.807) is 29.2 Å². The van der Waals surface area contributed by atoms with Gasteiger partial charge in [0.05, 0.1) is 23.2 Å². The van der Waals surface area contributed by atoms with Gasteiger partial charge in [0.15, 0.2) is 0 Å². The minimum atomic E-state index is -3.81. The number of benzene rings is 2. The predicted molar refractivity (Wildman–Crippen MR) is 128 cm³/mol. The zero-order valence-electron chi connectivity index (χ0n) is 17.7. The molecule has 32 heavy (non-hydrogen) atoms. The average Bonchev–Trinajstić information content (AvgIpc) is 3.00. The maximum Gasteiger partial charge on any atom is 0.255 e. The van der Waals surface area contributed by atoms with Crippen molar-refractivity contribution in [3.8, 4) is 0 Å². The lowest BCUT2D eigenvalue weighted by atomic mass is 10.1. The predicted octanol–water partition coefficient (Wildman–Crippen LogP) is 4.41. The highest BCUT2D eigenvalue weighted by Crippen LogP contribution is 2.27. The van der Waals surface area contributed by atoms with Gasteiger partial charge in [0.1, 0.15) is 6.54 Å². The molecule has 0 unspecified atom stereocenters. The van der Waals surface area contributed by atoms with Crippen LogP contribution in [0.4, 0.5) is 11.4 Å². The molecule has 0 aliphatic carbocycles. The molecule has 2 aromatic carbocycles. The zero-order chi connectivity index (χ0) is 23.3. The van der Waals surface area contributed by atoms with E-state index in [1.807, 2.05) is 0 Å². The molecule has 1 N–H and O–H groups in total. The van der Waals surface area contributed by atoms with Crippen molar-refractivity contribution < 1.29 is 18.0 Å². The molecule has 0 spiro atoms.